The number of benzene rings is 1. The van der Waals surface area contributed by atoms with Gasteiger partial charge in [0.2, 0.25) is 0 Å². The Hall–Kier alpha value is -1.91. The molecule has 0 aliphatic heterocycles. The number of rotatable bonds is 8. The summed E-state index contributed by atoms with van der Waals surface area (Å²) in [5, 5.41) is 10.2. The third-order valence-electron chi connectivity index (χ3n) is 3.77. The lowest BCUT2D eigenvalue weighted by Crippen LogP contribution is -2.23. The molecule has 4 nitrogen and oxygen atoms in total. The summed E-state index contributed by atoms with van der Waals surface area (Å²) in [5.41, 5.74) is 1.75. The SMILES string of the molecule is CCOC1=CC(=O)/C(=C/C(C)C(O)COCc2ccccc2)C1. The van der Waals surface area contributed by atoms with Crippen molar-refractivity contribution >= 4 is 5.78 Å². The molecule has 1 aromatic rings. The normalized spacial score (nSPS) is 18.8. The quantitative estimate of drug-likeness (QED) is 0.749. The molecule has 1 N–H and O–H groups in total. The van der Waals surface area contributed by atoms with Crippen LogP contribution in [0.1, 0.15) is 25.8 Å². The van der Waals surface area contributed by atoms with E-state index in [4.69, 9.17) is 9.47 Å². The number of allylic oxidation sites excluding steroid dienone is 2. The van der Waals surface area contributed by atoms with Crippen molar-refractivity contribution in [3.63, 3.8) is 0 Å². The van der Waals surface area contributed by atoms with Crippen LogP contribution < -0.4 is 0 Å². The van der Waals surface area contributed by atoms with Crippen LogP contribution in [0.3, 0.4) is 0 Å². The molecule has 2 unspecified atom stereocenters. The fraction of sp³-hybridized carbons (Fsp3) is 0.421. The number of ketones is 1. The van der Waals surface area contributed by atoms with Gasteiger partial charge in [-0.05, 0) is 12.5 Å². The summed E-state index contributed by atoms with van der Waals surface area (Å²) in [7, 11) is 0. The highest BCUT2D eigenvalue weighted by Gasteiger charge is 2.22. The first-order chi connectivity index (χ1) is 11.1. The third-order valence-corrected chi connectivity index (χ3v) is 3.77. The molecule has 1 aliphatic carbocycles. The van der Waals surface area contributed by atoms with Gasteiger partial charge in [0.05, 0.1) is 25.9 Å². The van der Waals surface area contributed by atoms with E-state index in [2.05, 4.69) is 0 Å². The van der Waals surface area contributed by atoms with Crippen LogP contribution >= 0.6 is 0 Å². The minimum Gasteiger partial charge on any atom is -0.498 e. The minimum absolute atomic E-state index is 0.0299. The summed E-state index contributed by atoms with van der Waals surface area (Å²) >= 11 is 0. The van der Waals surface area contributed by atoms with E-state index < -0.39 is 6.10 Å². The van der Waals surface area contributed by atoms with Gasteiger partial charge in [-0.2, -0.15) is 0 Å². The first-order valence-electron chi connectivity index (χ1n) is 7.98. The van der Waals surface area contributed by atoms with E-state index in [-0.39, 0.29) is 18.3 Å². The fourth-order valence-corrected chi connectivity index (χ4v) is 2.44. The molecule has 124 valence electrons. The van der Waals surface area contributed by atoms with Crippen molar-refractivity contribution in [1.29, 1.82) is 0 Å². The maximum absolute atomic E-state index is 11.9. The van der Waals surface area contributed by atoms with E-state index >= 15 is 0 Å². The Bertz CT molecular complexity index is 574. The van der Waals surface area contributed by atoms with E-state index in [0.29, 0.717) is 31.0 Å². The van der Waals surface area contributed by atoms with E-state index in [1.165, 1.54) is 6.08 Å². The highest BCUT2D eigenvalue weighted by molar-refractivity contribution is 6.07. The summed E-state index contributed by atoms with van der Waals surface area (Å²) in [6.45, 7) is 5.03. The molecule has 0 aromatic heterocycles. The Morgan fingerprint density at radius 3 is 2.74 bits per heavy atom. The summed E-state index contributed by atoms with van der Waals surface area (Å²) in [5.74, 6) is 0.516. The number of hydrogen-bond acceptors (Lipinski definition) is 4. The molecule has 0 radical (unpaired) electrons. The molecule has 2 rings (SSSR count). The molecule has 0 amide bonds. The fourth-order valence-electron chi connectivity index (χ4n) is 2.44. The molecule has 0 saturated heterocycles. The predicted molar refractivity (Wildman–Crippen MR) is 88.7 cm³/mol. The van der Waals surface area contributed by atoms with Gasteiger partial charge in [0, 0.05) is 24.0 Å². The van der Waals surface area contributed by atoms with Gasteiger partial charge in [-0.1, -0.05) is 43.3 Å². The van der Waals surface area contributed by atoms with Gasteiger partial charge in [-0.15, -0.1) is 0 Å². The monoisotopic (exact) mass is 316 g/mol. The average molecular weight is 316 g/mol. The highest BCUT2D eigenvalue weighted by Crippen LogP contribution is 2.24. The molecular weight excluding hydrogens is 292 g/mol. The smallest absolute Gasteiger partial charge is 0.185 e. The lowest BCUT2D eigenvalue weighted by Gasteiger charge is -2.16. The van der Waals surface area contributed by atoms with Crippen molar-refractivity contribution in [2.24, 2.45) is 5.92 Å². The van der Waals surface area contributed by atoms with Crippen LogP contribution in [-0.4, -0.2) is 30.2 Å². The molecule has 1 aliphatic rings. The second-order valence-electron chi connectivity index (χ2n) is 5.70. The Kier molecular flexibility index (Phi) is 6.56. The molecule has 0 saturated carbocycles. The Morgan fingerprint density at radius 2 is 2.04 bits per heavy atom. The van der Waals surface area contributed by atoms with Gasteiger partial charge in [0.25, 0.3) is 0 Å². The van der Waals surface area contributed by atoms with Crippen LogP contribution in [0.15, 0.2) is 53.8 Å². The number of carbonyl (C=O) groups is 1. The second kappa shape index (κ2) is 8.65. The van der Waals surface area contributed by atoms with E-state index in [1.54, 1.807) is 0 Å². The maximum Gasteiger partial charge on any atom is 0.185 e. The molecule has 4 heteroatoms. The first kappa shape index (κ1) is 17.4. The predicted octanol–water partition coefficient (Wildman–Crippen LogP) is 3.02. The number of hydrogen-bond donors (Lipinski definition) is 1. The number of aliphatic hydroxyl groups is 1. The van der Waals surface area contributed by atoms with Gasteiger partial charge < -0.3 is 14.6 Å². The van der Waals surface area contributed by atoms with Gasteiger partial charge in [0.15, 0.2) is 5.78 Å². The molecule has 1 aromatic carbocycles. The van der Waals surface area contributed by atoms with Crippen LogP contribution in [0.5, 0.6) is 0 Å². The molecule has 0 bridgehead atoms. The van der Waals surface area contributed by atoms with Crippen LogP contribution in [0.4, 0.5) is 0 Å². The summed E-state index contributed by atoms with van der Waals surface area (Å²) in [6, 6.07) is 9.83. The van der Waals surface area contributed by atoms with Crippen LogP contribution in [0, 0.1) is 5.92 Å². The van der Waals surface area contributed by atoms with Crippen molar-refractivity contribution in [1.82, 2.24) is 0 Å². The van der Waals surface area contributed by atoms with Crippen molar-refractivity contribution in [2.45, 2.75) is 33.0 Å². The molecule has 0 heterocycles. The molecule has 0 spiro atoms. The first-order valence-corrected chi connectivity index (χ1v) is 7.98. The molecule has 0 fully saturated rings. The van der Waals surface area contributed by atoms with Crippen LogP contribution in [-0.2, 0) is 20.9 Å². The Balaban J connectivity index is 1.80. The van der Waals surface area contributed by atoms with Gasteiger partial charge in [-0.3, -0.25) is 4.79 Å². The molecule has 23 heavy (non-hydrogen) atoms. The lowest BCUT2D eigenvalue weighted by molar-refractivity contribution is -0.111. The topological polar surface area (TPSA) is 55.8 Å². The lowest BCUT2D eigenvalue weighted by atomic mass is 10.0. The summed E-state index contributed by atoms with van der Waals surface area (Å²) in [6.07, 6.45) is 3.21. The largest absolute Gasteiger partial charge is 0.498 e. The third kappa shape index (κ3) is 5.34. The zero-order valence-electron chi connectivity index (χ0n) is 13.7. The number of aliphatic hydroxyl groups excluding tert-OH is 1. The van der Waals surface area contributed by atoms with Gasteiger partial charge in [0.1, 0.15) is 5.76 Å². The number of carbonyl (C=O) groups excluding carboxylic acids is 1. The van der Waals surface area contributed by atoms with Gasteiger partial charge >= 0.3 is 0 Å². The van der Waals surface area contributed by atoms with Crippen LogP contribution in [0.25, 0.3) is 0 Å². The minimum atomic E-state index is -0.643. The maximum atomic E-state index is 11.9. The Morgan fingerprint density at radius 1 is 1.30 bits per heavy atom. The molecule has 2 atom stereocenters. The average Bonchev–Trinajstić information content (AvgIpc) is 2.88. The van der Waals surface area contributed by atoms with Crippen molar-refractivity contribution < 1.29 is 19.4 Å². The summed E-state index contributed by atoms with van der Waals surface area (Å²) < 4.78 is 10.9. The van der Waals surface area contributed by atoms with Crippen molar-refractivity contribution in [2.75, 3.05) is 13.2 Å². The second-order valence-corrected chi connectivity index (χ2v) is 5.70. The van der Waals surface area contributed by atoms with E-state index in [9.17, 15) is 9.90 Å². The summed E-state index contributed by atoms with van der Waals surface area (Å²) in [4.78, 5) is 11.9. The van der Waals surface area contributed by atoms with Crippen molar-refractivity contribution in [3.05, 3.63) is 59.4 Å². The highest BCUT2D eigenvalue weighted by atomic mass is 16.5. The van der Waals surface area contributed by atoms with Crippen LogP contribution in [0.2, 0.25) is 0 Å². The van der Waals surface area contributed by atoms with E-state index in [1.807, 2.05) is 50.3 Å². The zero-order chi connectivity index (χ0) is 16.7. The zero-order valence-corrected chi connectivity index (χ0v) is 13.7. The van der Waals surface area contributed by atoms with Crippen molar-refractivity contribution in [3.8, 4) is 0 Å². The van der Waals surface area contributed by atoms with E-state index in [0.717, 1.165) is 5.56 Å². The molecular formula is C19H24O4. The standard InChI is InChI=1S/C19H24O4/c1-3-23-17-10-16(18(20)11-17)9-14(2)19(21)13-22-12-15-7-5-4-6-8-15/h4-9,11,14,19,21H,3,10,12-13H2,1-2H3/b16-9+. The Labute approximate surface area is 137 Å². The number of ether oxygens (including phenoxy) is 2. The van der Waals surface area contributed by atoms with Gasteiger partial charge in [-0.25, -0.2) is 0 Å².